The maximum absolute atomic E-state index is 12.6. The maximum Gasteiger partial charge on any atom is 0.275 e. The summed E-state index contributed by atoms with van der Waals surface area (Å²) in [6.45, 7) is 3.01. The van der Waals surface area contributed by atoms with Crippen molar-refractivity contribution in [3.63, 3.8) is 0 Å². The molecular formula is C14H18N4O2S. The molecule has 2 amide bonds. The fourth-order valence-electron chi connectivity index (χ4n) is 3.49. The molecule has 112 valence electrons. The van der Waals surface area contributed by atoms with Gasteiger partial charge >= 0.3 is 0 Å². The average Bonchev–Trinajstić information content (AvgIpc) is 2.99. The van der Waals surface area contributed by atoms with Gasteiger partial charge in [0.05, 0.1) is 5.92 Å². The molecule has 0 N–H and O–H groups in total. The van der Waals surface area contributed by atoms with Crippen LogP contribution in [0.15, 0.2) is 5.38 Å². The molecule has 1 aliphatic carbocycles. The summed E-state index contributed by atoms with van der Waals surface area (Å²) in [5.41, 5.74) is 0.404. The summed E-state index contributed by atoms with van der Waals surface area (Å²) >= 11 is 1.18. The van der Waals surface area contributed by atoms with E-state index in [2.05, 4.69) is 9.59 Å². The van der Waals surface area contributed by atoms with Crippen LogP contribution in [-0.2, 0) is 4.79 Å². The molecule has 1 aromatic heterocycles. The van der Waals surface area contributed by atoms with E-state index in [9.17, 15) is 9.59 Å². The highest BCUT2D eigenvalue weighted by Crippen LogP contribution is 2.36. The van der Waals surface area contributed by atoms with Crippen molar-refractivity contribution in [1.82, 2.24) is 19.4 Å². The molecule has 2 unspecified atom stereocenters. The van der Waals surface area contributed by atoms with Gasteiger partial charge in [-0.15, -0.1) is 5.10 Å². The number of nitrogens with zero attached hydrogens (tertiary/aromatic N) is 4. The number of hydrogen-bond donors (Lipinski definition) is 0. The molecule has 3 heterocycles. The van der Waals surface area contributed by atoms with E-state index in [0.717, 1.165) is 25.4 Å². The molecule has 1 aromatic rings. The minimum absolute atomic E-state index is 0.00644. The average molecular weight is 306 g/mol. The lowest BCUT2D eigenvalue weighted by molar-refractivity contribution is -0.139. The van der Waals surface area contributed by atoms with Gasteiger partial charge in [0.2, 0.25) is 5.91 Å². The summed E-state index contributed by atoms with van der Waals surface area (Å²) < 4.78 is 3.74. The Balaban J connectivity index is 1.44. The van der Waals surface area contributed by atoms with Gasteiger partial charge in [-0.1, -0.05) is 4.49 Å². The molecule has 3 aliphatic rings. The number of carbonyl (C=O) groups is 2. The van der Waals surface area contributed by atoms with E-state index < -0.39 is 0 Å². The number of carbonyl (C=O) groups excluding carboxylic acids is 2. The molecule has 4 rings (SSSR count). The van der Waals surface area contributed by atoms with E-state index in [1.165, 1.54) is 24.4 Å². The van der Waals surface area contributed by atoms with Crippen molar-refractivity contribution in [2.45, 2.75) is 19.3 Å². The van der Waals surface area contributed by atoms with Gasteiger partial charge in [0, 0.05) is 31.6 Å². The molecule has 0 aromatic carbocycles. The zero-order chi connectivity index (χ0) is 14.4. The molecule has 2 saturated heterocycles. The number of fused-ring (bicyclic) bond motifs is 1. The zero-order valence-electron chi connectivity index (χ0n) is 11.8. The van der Waals surface area contributed by atoms with Crippen molar-refractivity contribution >= 4 is 23.3 Å². The monoisotopic (exact) mass is 306 g/mol. The Labute approximate surface area is 127 Å². The first-order valence-electron chi connectivity index (χ1n) is 7.57. The summed E-state index contributed by atoms with van der Waals surface area (Å²) in [6.07, 6.45) is 3.54. The van der Waals surface area contributed by atoms with Crippen LogP contribution in [0.3, 0.4) is 0 Å². The molecule has 0 spiro atoms. The van der Waals surface area contributed by atoms with Crippen molar-refractivity contribution in [2.24, 2.45) is 17.8 Å². The number of aromatic nitrogens is 2. The highest BCUT2D eigenvalue weighted by molar-refractivity contribution is 7.03. The van der Waals surface area contributed by atoms with Crippen LogP contribution in [0, 0.1) is 17.8 Å². The number of piperidine rings is 1. The normalized spacial score (nSPS) is 28.9. The predicted octanol–water partition coefficient (Wildman–Crippen LogP) is 0.869. The van der Waals surface area contributed by atoms with Gasteiger partial charge in [-0.3, -0.25) is 9.59 Å². The Hall–Kier alpha value is -1.50. The molecule has 6 nitrogen and oxygen atoms in total. The third-order valence-corrected chi connectivity index (χ3v) is 5.39. The Kier molecular flexibility index (Phi) is 3.17. The third kappa shape index (κ3) is 2.43. The van der Waals surface area contributed by atoms with Gasteiger partial charge in [0.25, 0.3) is 5.91 Å². The van der Waals surface area contributed by atoms with Crippen molar-refractivity contribution in [1.29, 1.82) is 0 Å². The summed E-state index contributed by atoms with van der Waals surface area (Å²) in [4.78, 5) is 28.7. The van der Waals surface area contributed by atoms with Gasteiger partial charge in [0.15, 0.2) is 5.69 Å². The predicted molar refractivity (Wildman–Crippen MR) is 76.7 cm³/mol. The minimum Gasteiger partial charge on any atom is -0.342 e. The van der Waals surface area contributed by atoms with Crippen molar-refractivity contribution < 1.29 is 9.59 Å². The molecule has 7 heteroatoms. The summed E-state index contributed by atoms with van der Waals surface area (Å²) in [5, 5.41) is 5.51. The molecule has 3 fully saturated rings. The Morgan fingerprint density at radius 2 is 2.19 bits per heavy atom. The van der Waals surface area contributed by atoms with E-state index in [1.54, 1.807) is 10.3 Å². The first kappa shape index (κ1) is 13.2. The van der Waals surface area contributed by atoms with E-state index in [-0.39, 0.29) is 17.7 Å². The minimum atomic E-state index is -0.0836. The molecule has 0 radical (unpaired) electrons. The molecule has 0 bridgehead atoms. The molecule has 21 heavy (non-hydrogen) atoms. The van der Waals surface area contributed by atoms with Gasteiger partial charge in [-0.25, -0.2) is 0 Å². The lowest BCUT2D eigenvalue weighted by Gasteiger charge is -2.33. The second kappa shape index (κ2) is 5.05. The standard InChI is InChI=1S/C14H18N4O2S/c19-13-11-7-18(14(20)12-8-21-16-15-12)6-10(11)3-4-17(13)5-9-1-2-9/h8-11H,1-7H2. The highest BCUT2D eigenvalue weighted by atomic mass is 32.1. The smallest absolute Gasteiger partial charge is 0.275 e. The van der Waals surface area contributed by atoms with Crippen LogP contribution in [0.1, 0.15) is 29.8 Å². The van der Waals surface area contributed by atoms with Crippen molar-refractivity contribution in [2.75, 3.05) is 26.2 Å². The van der Waals surface area contributed by atoms with Gasteiger partial charge in [0.1, 0.15) is 0 Å². The zero-order valence-corrected chi connectivity index (χ0v) is 12.6. The van der Waals surface area contributed by atoms with Crippen LogP contribution >= 0.6 is 11.5 Å². The van der Waals surface area contributed by atoms with Gasteiger partial charge in [-0.2, -0.15) is 0 Å². The van der Waals surface area contributed by atoms with Crippen LogP contribution in [0.5, 0.6) is 0 Å². The second-order valence-electron chi connectivity index (χ2n) is 6.38. The van der Waals surface area contributed by atoms with Gasteiger partial charge in [-0.05, 0) is 42.6 Å². The topological polar surface area (TPSA) is 66.4 Å². The first-order valence-corrected chi connectivity index (χ1v) is 8.41. The van der Waals surface area contributed by atoms with Crippen LogP contribution in [0.2, 0.25) is 0 Å². The van der Waals surface area contributed by atoms with Gasteiger partial charge < -0.3 is 9.80 Å². The van der Waals surface area contributed by atoms with Crippen molar-refractivity contribution in [3.05, 3.63) is 11.1 Å². The largest absolute Gasteiger partial charge is 0.342 e. The second-order valence-corrected chi connectivity index (χ2v) is 6.99. The summed E-state index contributed by atoms with van der Waals surface area (Å²) in [7, 11) is 0. The molecule has 1 saturated carbocycles. The fraction of sp³-hybridized carbons (Fsp3) is 0.714. The third-order valence-electron chi connectivity index (χ3n) is 4.88. The van der Waals surface area contributed by atoms with Crippen LogP contribution < -0.4 is 0 Å². The quantitative estimate of drug-likeness (QED) is 0.831. The number of hydrogen-bond acceptors (Lipinski definition) is 5. The summed E-state index contributed by atoms with van der Waals surface area (Å²) in [6, 6.07) is 0. The Morgan fingerprint density at radius 3 is 2.90 bits per heavy atom. The number of likely N-dealkylation sites (tertiary alicyclic amines) is 2. The first-order chi connectivity index (χ1) is 10.2. The van der Waals surface area contributed by atoms with Crippen LogP contribution in [0.25, 0.3) is 0 Å². The maximum atomic E-state index is 12.6. The van der Waals surface area contributed by atoms with Crippen molar-refractivity contribution in [3.8, 4) is 0 Å². The SMILES string of the molecule is O=C(c1csnn1)N1CC2CCN(CC3CC3)C(=O)C2C1. The number of rotatable bonds is 3. The lowest BCUT2D eigenvalue weighted by atomic mass is 9.88. The molecule has 2 aliphatic heterocycles. The lowest BCUT2D eigenvalue weighted by Crippen LogP contribution is -2.46. The molecule has 2 atom stereocenters. The van der Waals surface area contributed by atoms with Crippen LogP contribution in [0.4, 0.5) is 0 Å². The van der Waals surface area contributed by atoms with Crippen LogP contribution in [-0.4, -0.2) is 57.4 Å². The van der Waals surface area contributed by atoms with E-state index >= 15 is 0 Å². The fourth-order valence-corrected chi connectivity index (χ4v) is 3.92. The van der Waals surface area contributed by atoms with E-state index in [4.69, 9.17) is 0 Å². The van der Waals surface area contributed by atoms with E-state index in [0.29, 0.717) is 24.7 Å². The molecular weight excluding hydrogens is 288 g/mol. The summed E-state index contributed by atoms with van der Waals surface area (Å²) in [5.74, 6) is 1.21. The number of amides is 2. The van der Waals surface area contributed by atoms with E-state index in [1.807, 2.05) is 4.90 Å². The Morgan fingerprint density at radius 1 is 1.33 bits per heavy atom. The highest BCUT2D eigenvalue weighted by Gasteiger charge is 2.45. The Bertz CT molecular complexity index is 557.